The fraction of sp³-hybridized carbons (Fsp3) is 0.643. The van der Waals surface area contributed by atoms with Crippen LogP contribution in [-0.4, -0.2) is 17.6 Å². The monoisotopic (exact) mass is 251 g/mol. The predicted octanol–water partition coefficient (Wildman–Crippen LogP) is 2.34. The van der Waals surface area contributed by atoms with Gasteiger partial charge in [0, 0.05) is 24.1 Å². The van der Waals surface area contributed by atoms with Crippen molar-refractivity contribution in [3.63, 3.8) is 0 Å². The minimum Gasteiger partial charge on any atom is -0.455 e. The summed E-state index contributed by atoms with van der Waals surface area (Å²) < 4.78 is 5.69. The van der Waals surface area contributed by atoms with Gasteiger partial charge < -0.3 is 14.8 Å². The molecule has 1 aliphatic rings. The van der Waals surface area contributed by atoms with Crippen molar-refractivity contribution in [1.82, 2.24) is 5.32 Å². The fourth-order valence-corrected chi connectivity index (χ4v) is 2.74. The van der Waals surface area contributed by atoms with Gasteiger partial charge in [-0.05, 0) is 25.7 Å². The molecule has 0 saturated heterocycles. The van der Waals surface area contributed by atoms with Crippen molar-refractivity contribution in [2.75, 3.05) is 6.54 Å². The van der Waals surface area contributed by atoms with Crippen LogP contribution in [0, 0.1) is 12.3 Å². The SMILES string of the molecule is CCNC(=O)c1oc2c(c1C)[C@@H](O)CC(C)(C)C2. The topological polar surface area (TPSA) is 62.5 Å². The number of carbonyl (C=O) groups is 1. The minimum atomic E-state index is -0.532. The molecule has 2 rings (SSSR count). The largest absolute Gasteiger partial charge is 0.455 e. The summed E-state index contributed by atoms with van der Waals surface area (Å²) in [6.45, 7) is 8.48. The van der Waals surface area contributed by atoms with E-state index in [-0.39, 0.29) is 11.3 Å². The Morgan fingerprint density at radius 1 is 1.56 bits per heavy atom. The Labute approximate surface area is 107 Å². The van der Waals surface area contributed by atoms with E-state index in [1.807, 2.05) is 13.8 Å². The van der Waals surface area contributed by atoms with Gasteiger partial charge >= 0.3 is 0 Å². The van der Waals surface area contributed by atoms with Gasteiger partial charge in [-0.15, -0.1) is 0 Å². The lowest BCUT2D eigenvalue weighted by Crippen LogP contribution is -2.25. The van der Waals surface area contributed by atoms with E-state index >= 15 is 0 Å². The first-order valence-corrected chi connectivity index (χ1v) is 6.44. The summed E-state index contributed by atoms with van der Waals surface area (Å²) in [5.41, 5.74) is 1.60. The molecule has 1 atom stereocenters. The van der Waals surface area contributed by atoms with Gasteiger partial charge in [0.15, 0.2) is 5.76 Å². The molecule has 2 N–H and O–H groups in total. The molecular weight excluding hydrogens is 230 g/mol. The molecule has 0 aliphatic heterocycles. The summed E-state index contributed by atoms with van der Waals surface area (Å²) in [6, 6.07) is 0. The number of amides is 1. The molecule has 4 nitrogen and oxygen atoms in total. The zero-order valence-corrected chi connectivity index (χ0v) is 11.5. The van der Waals surface area contributed by atoms with E-state index < -0.39 is 6.10 Å². The molecule has 1 aromatic heterocycles. The van der Waals surface area contributed by atoms with E-state index in [4.69, 9.17) is 4.42 Å². The molecule has 1 aliphatic carbocycles. The van der Waals surface area contributed by atoms with E-state index in [1.54, 1.807) is 0 Å². The number of hydrogen-bond acceptors (Lipinski definition) is 3. The van der Waals surface area contributed by atoms with E-state index in [2.05, 4.69) is 19.2 Å². The highest BCUT2D eigenvalue weighted by Gasteiger charge is 2.36. The van der Waals surface area contributed by atoms with Gasteiger partial charge in [-0.2, -0.15) is 0 Å². The molecule has 0 radical (unpaired) electrons. The summed E-state index contributed by atoms with van der Waals surface area (Å²) in [5, 5.41) is 12.9. The maximum Gasteiger partial charge on any atom is 0.287 e. The minimum absolute atomic E-state index is 0.00914. The van der Waals surface area contributed by atoms with Crippen molar-refractivity contribution in [3.8, 4) is 0 Å². The Bertz CT molecular complexity index is 474. The number of fused-ring (bicyclic) bond motifs is 1. The summed E-state index contributed by atoms with van der Waals surface area (Å²) in [7, 11) is 0. The third-order valence-corrected chi connectivity index (χ3v) is 3.53. The van der Waals surface area contributed by atoms with Crippen LogP contribution in [0.25, 0.3) is 0 Å². The predicted molar refractivity (Wildman–Crippen MR) is 68.5 cm³/mol. The van der Waals surface area contributed by atoms with Gasteiger partial charge in [-0.25, -0.2) is 0 Å². The lowest BCUT2D eigenvalue weighted by molar-refractivity contribution is 0.0886. The van der Waals surface area contributed by atoms with Crippen molar-refractivity contribution in [2.24, 2.45) is 5.41 Å². The molecule has 0 fully saturated rings. The van der Waals surface area contributed by atoms with Crippen LogP contribution in [-0.2, 0) is 6.42 Å². The Hall–Kier alpha value is -1.29. The molecule has 0 aromatic carbocycles. The smallest absolute Gasteiger partial charge is 0.287 e. The van der Waals surface area contributed by atoms with Crippen molar-refractivity contribution in [2.45, 2.75) is 46.6 Å². The van der Waals surface area contributed by atoms with Crippen molar-refractivity contribution < 1.29 is 14.3 Å². The van der Waals surface area contributed by atoms with E-state index in [0.717, 1.165) is 23.3 Å². The first-order chi connectivity index (χ1) is 8.35. The number of furan rings is 1. The van der Waals surface area contributed by atoms with E-state index in [0.29, 0.717) is 18.7 Å². The van der Waals surface area contributed by atoms with Crippen molar-refractivity contribution >= 4 is 5.91 Å². The molecule has 0 bridgehead atoms. The quantitative estimate of drug-likeness (QED) is 0.848. The first kappa shape index (κ1) is 13.1. The average molecular weight is 251 g/mol. The van der Waals surface area contributed by atoms with Gasteiger partial charge in [0.05, 0.1) is 6.10 Å². The standard InChI is InChI=1S/C14H21NO3/c1-5-15-13(17)12-8(2)11-9(16)6-14(3,4)7-10(11)18-12/h9,16H,5-7H2,1-4H3,(H,15,17)/t9-/m0/s1. The number of hydrogen-bond donors (Lipinski definition) is 2. The van der Waals surface area contributed by atoms with E-state index in [9.17, 15) is 9.90 Å². The second-order valence-corrected chi connectivity index (χ2v) is 5.81. The number of carbonyl (C=O) groups excluding carboxylic acids is 1. The molecule has 0 spiro atoms. The highest BCUT2D eigenvalue weighted by molar-refractivity contribution is 5.93. The fourth-order valence-electron chi connectivity index (χ4n) is 2.74. The lowest BCUT2D eigenvalue weighted by atomic mass is 9.75. The summed E-state index contributed by atoms with van der Waals surface area (Å²) in [5.74, 6) is 0.908. The molecule has 18 heavy (non-hydrogen) atoms. The second kappa shape index (κ2) is 4.43. The Morgan fingerprint density at radius 2 is 2.22 bits per heavy atom. The third kappa shape index (κ3) is 2.17. The summed E-state index contributed by atoms with van der Waals surface area (Å²) in [6.07, 6.45) is 0.935. The van der Waals surface area contributed by atoms with Crippen LogP contribution in [0.4, 0.5) is 0 Å². The lowest BCUT2D eigenvalue weighted by Gasteiger charge is -2.31. The highest BCUT2D eigenvalue weighted by Crippen LogP contribution is 2.43. The zero-order valence-electron chi connectivity index (χ0n) is 11.5. The molecule has 1 aromatic rings. The van der Waals surface area contributed by atoms with Crippen LogP contribution in [0.1, 0.15) is 60.7 Å². The normalized spacial score (nSPS) is 21.5. The molecule has 4 heteroatoms. The zero-order chi connectivity index (χ0) is 13.5. The second-order valence-electron chi connectivity index (χ2n) is 5.81. The summed E-state index contributed by atoms with van der Waals surface area (Å²) in [4.78, 5) is 11.9. The Morgan fingerprint density at radius 3 is 2.83 bits per heavy atom. The first-order valence-electron chi connectivity index (χ1n) is 6.44. The van der Waals surface area contributed by atoms with E-state index in [1.165, 1.54) is 0 Å². The maximum absolute atomic E-state index is 11.9. The van der Waals surface area contributed by atoms with Gasteiger partial charge in [-0.3, -0.25) is 4.79 Å². The number of aliphatic hydroxyl groups is 1. The Balaban J connectivity index is 2.42. The van der Waals surface area contributed by atoms with Gasteiger partial charge in [0.1, 0.15) is 5.76 Å². The highest BCUT2D eigenvalue weighted by atomic mass is 16.4. The van der Waals surface area contributed by atoms with Crippen LogP contribution >= 0.6 is 0 Å². The maximum atomic E-state index is 11.9. The van der Waals surface area contributed by atoms with Gasteiger partial charge in [0.2, 0.25) is 0 Å². The Kier molecular flexibility index (Phi) is 3.23. The average Bonchev–Trinajstić information content (AvgIpc) is 2.54. The number of nitrogens with one attached hydrogen (secondary N) is 1. The van der Waals surface area contributed by atoms with Crippen LogP contribution in [0.2, 0.25) is 0 Å². The van der Waals surface area contributed by atoms with Crippen molar-refractivity contribution in [1.29, 1.82) is 0 Å². The van der Waals surface area contributed by atoms with Crippen LogP contribution in [0.3, 0.4) is 0 Å². The van der Waals surface area contributed by atoms with Gasteiger partial charge in [-0.1, -0.05) is 13.8 Å². The van der Waals surface area contributed by atoms with Crippen LogP contribution < -0.4 is 5.32 Å². The molecule has 100 valence electrons. The molecule has 1 heterocycles. The van der Waals surface area contributed by atoms with Crippen LogP contribution in [0.15, 0.2) is 4.42 Å². The molecular formula is C14H21NO3. The van der Waals surface area contributed by atoms with Gasteiger partial charge in [0.25, 0.3) is 5.91 Å². The third-order valence-electron chi connectivity index (χ3n) is 3.53. The number of rotatable bonds is 2. The molecule has 1 amide bonds. The number of aliphatic hydroxyl groups excluding tert-OH is 1. The van der Waals surface area contributed by atoms with Crippen LogP contribution in [0.5, 0.6) is 0 Å². The summed E-state index contributed by atoms with van der Waals surface area (Å²) >= 11 is 0. The molecule has 0 saturated carbocycles. The van der Waals surface area contributed by atoms with Crippen molar-refractivity contribution in [3.05, 3.63) is 22.6 Å². The molecule has 0 unspecified atom stereocenters.